The van der Waals surface area contributed by atoms with Crippen molar-refractivity contribution in [3.63, 3.8) is 0 Å². The van der Waals surface area contributed by atoms with Gasteiger partial charge in [0.2, 0.25) is 5.91 Å². The fourth-order valence-electron chi connectivity index (χ4n) is 3.31. The molecule has 1 atom stereocenters. The summed E-state index contributed by atoms with van der Waals surface area (Å²) in [5, 5.41) is 6.13. The van der Waals surface area contributed by atoms with Gasteiger partial charge in [-0.05, 0) is 31.4 Å². The summed E-state index contributed by atoms with van der Waals surface area (Å²) >= 11 is 0. The molecule has 1 heterocycles. The second kappa shape index (κ2) is 6.48. The van der Waals surface area contributed by atoms with Gasteiger partial charge in [0, 0.05) is 17.3 Å². The lowest BCUT2D eigenvalue weighted by Gasteiger charge is -2.21. The summed E-state index contributed by atoms with van der Waals surface area (Å²) in [5.41, 5.74) is 1.90. The lowest BCUT2D eigenvalue weighted by molar-refractivity contribution is -0.117. The van der Waals surface area contributed by atoms with Crippen LogP contribution in [0.25, 0.3) is 0 Å². The number of amides is 1. The number of fused-ring (bicyclic) bond motifs is 1. The van der Waals surface area contributed by atoms with Crippen LogP contribution in [0.2, 0.25) is 0 Å². The van der Waals surface area contributed by atoms with Crippen LogP contribution >= 0.6 is 0 Å². The molecular weight excluding hydrogens is 264 g/mol. The minimum Gasteiger partial charge on any atom is -0.493 e. The molecule has 21 heavy (non-hydrogen) atoms. The molecule has 1 aromatic rings. The van der Waals surface area contributed by atoms with Gasteiger partial charge in [0.15, 0.2) is 0 Å². The molecule has 2 N–H and O–H groups in total. The van der Waals surface area contributed by atoms with Crippen molar-refractivity contribution in [1.29, 1.82) is 0 Å². The van der Waals surface area contributed by atoms with Crippen molar-refractivity contribution >= 4 is 11.6 Å². The summed E-state index contributed by atoms with van der Waals surface area (Å²) in [4.78, 5) is 11.9. The first-order valence-corrected chi connectivity index (χ1v) is 8.09. The van der Waals surface area contributed by atoms with E-state index in [1.54, 1.807) is 0 Å². The summed E-state index contributed by atoms with van der Waals surface area (Å²) in [6.45, 7) is 3.58. The molecule has 1 unspecified atom stereocenters. The normalized spacial score (nSPS) is 22.0. The Hall–Kier alpha value is -1.55. The zero-order valence-corrected chi connectivity index (χ0v) is 12.7. The van der Waals surface area contributed by atoms with Crippen molar-refractivity contribution in [2.45, 2.75) is 45.1 Å². The van der Waals surface area contributed by atoms with Crippen LogP contribution in [0, 0.1) is 5.92 Å². The molecule has 114 valence electrons. The quantitative estimate of drug-likeness (QED) is 0.874. The molecule has 0 aromatic heterocycles. The average Bonchev–Trinajstić information content (AvgIpc) is 2.82. The summed E-state index contributed by atoms with van der Waals surface area (Å²) in [6, 6.07) is 5.70. The number of benzene rings is 1. The summed E-state index contributed by atoms with van der Waals surface area (Å²) in [5.74, 6) is 1.57. The highest BCUT2D eigenvalue weighted by molar-refractivity contribution is 6.02. The third kappa shape index (κ3) is 3.21. The molecule has 4 nitrogen and oxygen atoms in total. The van der Waals surface area contributed by atoms with E-state index in [9.17, 15) is 4.79 Å². The van der Waals surface area contributed by atoms with E-state index in [1.807, 2.05) is 25.1 Å². The summed E-state index contributed by atoms with van der Waals surface area (Å²) in [7, 11) is 0. The maximum absolute atomic E-state index is 11.9. The molecule has 1 aliphatic carbocycles. The van der Waals surface area contributed by atoms with Crippen LogP contribution in [0.1, 0.15) is 50.6 Å². The van der Waals surface area contributed by atoms with Crippen LogP contribution in [-0.2, 0) is 4.79 Å². The molecule has 1 aromatic carbocycles. The number of hydrogen-bond acceptors (Lipinski definition) is 3. The molecule has 0 saturated heterocycles. The second-order valence-electron chi connectivity index (χ2n) is 6.04. The number of anilines is 1. The minimum absolute atomic E-state index is 0.0243. The van der Waals surface area contributed by atoms with E-state index in [1.165, 1.54) is 32.1 Å². The lowest BCUT2D eigenvalue weighted by atomic mass is 9.90. The van der Waals surface area contributed by atoms with Gasteiger partial charge in [0.25, 0.3) is 0 Å². The number of rotatable bonds is 5. The number of carbonyl (C=O) groups is 1. The molecule has 0 spiro atoms. The van der Waals surface area contributed by atoms with Crippen LogP contribution in [-0.4, -0.2) is 19.1 Å². The van der Waals surface area contributed by atoms with Gasteiger partial charge in [-0.1, -0.05) is 32.3 Å². The largest absolute Gasteiger partial charge is 0.493 e. The van der Waals surface area contributed by atoms with Crippen LogP contribution in [0.5, 0.6) is 5.75 Å². The Labute approximate surface area is 126 Å². The first-order valence-electron chi connectivity index (χ1n) is 8.09. The highest BCUT2D eigenvalue weighted by Gasteiger charge is 2.29. The highest BCUT2D eigenvalue weighted by atomic mass is 16.5. The van der Waals surface area contributed by atoms with Gasteiger partial charge in [-0.3, -0.25) is 4.79 Å². The number of carbonyl (C=O) groups excluding carboxylic acids is 1. The Morgan fingerprint density at radius 3 is 2.86 bits per heavy atom. The standard InChI is InChI=1S/C17H24N2O2/c1-2-18-16-14-9-8-13(10-15(14)19-17(16)20)21-11-12-6-4-3-5-7-12/h8-10,12,16,18H,2-7,11H2,1H3,(H,19,20). The Bertz CT molecular complexity index is 510. The maximum atomic E-state index is 11.9. The van der Waals surface area contributed by atoms with Gasteiger partial charge in [-0.15, -0.1) is 0 Å². The van der Waals surface area contributed by atoms with E-state index >= 15 is 0 Å². The van der Waals surface area contributed by atoms with E-state index in [0.29, 0.717) is 5.92 Å². The molecular formula is C17H24N2O2. The van der Waals surface area contributed by atoms with Crippen LogP contribution in [0.4, 0.5) is 5.69 Å². The number of likely N-dealkylation sites (N-methyl/N-ethyl adjacent to an activating group) is 1. The van der Waals surface area contributed by atoms with Crippen molar-refractivity contribution in [2.24, 2.45) is 5.92 Å². The SMILES string of the molecule is CCNC1C(=O)Nc2cc(OCC3CCCCC3)ccc21. The van der Waals surface area contributed by atoms with Gasteiger partial charge in [0.05, 0.1) is 6.61 Å². The van der Waals surface area contributed by atoms with E-state index in [0.717, 1.165) is 30.2 Å². The predicted molar refractivity (Wildman–Crippen MR) is 83.6 cm³/mol. The lowest BCUT2D eigenvalue weighted by Crippen LogP contribution is -2.27. The molecule has 1 amide bonds. The molecule has 1 saturated carbocycles. The van der Waals surface area contributed by atoms with E-state index in [2.05, 4.69) is 10.6 Å². The fourth-order valence-corrected chi connectivity index (χ4v) is 3.31. The van der Waals surface area contributed by atoms with Crippen molar-refractivity contribution < 1.29 is 9.53 Å². The number of hydrogen-bond donors (Lipinski definition) is 2. The molecule has 0 bridgehead atoms. The molecule has 1 aliphatic heterocycles. The first-order chi connectivity index (χ1) is 10.3. The van der Waals surface area contributed by atoms with Crippen LogP contribution in [0.15, 0.2) is 18.2 Å². The summed E-state index contributed by atoms with van der Waals surface area (Å²) < 4.78 is 5.93. The average molecular weight is 288 g/mol. The Morgan fingerprint density at radius 2 is 2.10 bits per heavy atom. The Morgan fingerprint density at radius 1 is 1.29 bits per heavy atom. The van der Waals surface area contributed by atoms with Crippen molar-refractivity contribution in [2.75, 3.05) is 18.5 Å². The molecule has 4 heteroatoms. The molecule has 0 radical (unpaired) electrons. The maximum Gasteiger partial charge on any atom is 0.246 e. The monoisotopic (exact) mass is 288 g/mol. The van der Waals surface area contributed by atoms with Gasteiger partial charge < -0.3 is 15.4 Å². The van der Waals surface area contributed by atoms with E-state index in [4.69, 9.17) is 4.74 Å². The third-order valence-corrected chi connectivity index (χ3v) is 4.47. The predicted octanol–water partition coefficient (Wildman–Crippen LogP) is 3.25. The first kappa shape index (κ1) is 14.4. The fraction of sp³-hybridized carbons (Fsp3) is 0.588. The Kier molecular flexibility index (Phi) is 4.44. The van der Waals surface area contributed by atoms with Gasteiger partial charge in [0.1, 0.15) is 11.8 Å². The van der Waals surface area contributed by atoms with E-state index in [-0.39, 0.29) is 11.9 Å². The van der Waals surface area contributed by atoms with Gasteiger partial charge >= 0.3 is 0 Å². The van der Waals surface area contributed by atoms with Crippen molar-refractivity contribution in [3.8, 4) is 5.75 Å². The van der Waals surface area contributed by atoms with Crippen LogP contribution in [0.3, 0.4) is 0 Å². The molecule has 1 fully saturated rings. The topological polar surface area (TPSA) is 50.4 Å². The van der Waals surface area contributed by atoms with Crippen molar-refractivity contribution in [1.82, 2.24) is 5.32 Å². The zero-order chi connectivity index (χ0) is 14.7. The zero-order valence-electron chi connectivity index (χ0n) is 12.7. The summed E-state index contributed by atoms with van der Waals surface area (Å²) in [6.07, 6.45) is 6.60. The minimum atomic E-state index is -0.225. The Balaban J connectivity index is 1.64. The van der Waals surface area contributed by atoms with Gasteiger partial charge in [-0.2, -0.15) is 0 Å². The second-order valence-corrected chi connectivity index (χ2v) is 6.04. The number of ether oxygens (including phenoxy) is 1. The molecule has 3 rings (SSSR count). The van der Waals surface area contributed by atoms with Crippen molar-refractivity contribution in [3.05, 3.63) is 23.8 Å². The van der Waals surface area contributed by atoms with E-state index < -0.39 is 0 Å². The smallest absolute Gasteiger partial charge is 0.246 e. The number of nitrogens with one attached hydrogen (secondary N) is 2. The molecule has 2 aliphatic rings. The van der Waals surface area contributed by atoms with Gasteiger partial charge in [-0.25, -0.2) is 0 Å². The highest BCUT2D eigenvalue weighted by Crippen LogP contribution is 2.34. The third-order valence-electron chi connectivity index (χ3n) is 4.47. The van der Waals surface area contributed by atoms with Crippen LogP contribution < -0.4 is 15.4 Å².